The quantitative estimate of drug-likeness (QED) is 0.802. The van der Waals surface area contributed by atoms with Crippen molar-refractivity contribution in [1.82, 2.24) is 10.6 Å². The molecule has 1 amide bonds. The van der Waals surface area contributed by atoms with Crippen molar-refractivity contribution in [2.24, 2.45) is 0 Å². The number of amides is 1. The molecule has 0 heterocycles. The Morgan fingerprint density at radius 2 is 2.10 bits per heavy atom. The molecule has 0 saturated heterocycles. The maximum Gasteiger partial charge on any atom is 0.239 e. The molecular weight excluding hydrogens is 257 g/mol. The van der Waals surface area contributed by atoms with Crippen molar-refractivity contribution in [3.8, 4) is 0 Å². The van der Waals surface area contributed by atoms with Crippen LogP contribution in [0.2, 0.25) is 0 Å². The molecule has 0 fully saturated rings. The molecule has 0 spiro atoms. The number of hydrogen-bond donors (Lipinski definition) is 2. The summed E-state index contributed by atoms with van der Waals surface area (Å²) in [5.74, 6) is -0.391. The SMILES string of the molecule is CCN(CC(=O)NC(C)C)c1c(F)cccc1CNC. The lowest BCUT2D eigenvalue weighted by Crippen LogP contribution is -2.40. The van der Waals surface area contributed by atoms with Crippen LogP contribution in [0.5, 0.6) is 0 Å². The van der Waals surface area contributed by atoms with Gasteiger partial charge >= 0.3 is 0 Å². The lowest BCUT2D eigenvalue weighted by Gasteiger charge is -2.26. The Bertz CT molecular complexity index is 449. The van der Waals surface area contributed by atoms with E-state index >= 15 is 0 Å². The molecule has 0 atom stereocenters. The van der Waals surface area contributed by atoms with E-state index in [4.69, 9.17) is 0 Å². The van der Waals surface area contributed by atoms with Crippen molar-refractivity contribution < 1.29 is 9.18 Å². The molecule has 1 rings (SSSR count). The Labute approximate surface area is 120 Å². The predicted octanol–water partition coefficient (Wildman–Crippen LogP) is 1.90. The Morgan fingerprint density at radius 3 is 2.65 bits per heavy atom. The zero-order valence-electron chi connectivity index (χ0n) is 12.7. The van der Waals surface area contributed by atoms with E-state index < -0.39 is 0 Å². The number of likely N-dealkylation sites (N-methyl/N-ethyl adjacent to an activating group) is 1. The fraction of sp³-hybridized carbons (Fsp3) is 0.533. The van der Waals surface area contributed by atoms with Crippen molar-refractivity contribution >= 4 is 11.6 Å². The lowest BCUT2D eigenvalue weighted by atomic mass is 10.1. The molecule has 0 bridgehead atoms. The first-order valence-corrected chi connectivity index (χ1v) is 6.95. The van der Waals surface area contributed by atoms with Crippen LogP contribution < -0.4 is 15.5 Å². The summed E-state index contributed by atoms with van der Waals surface area (Å²) in [7, 11) is 1.82. The van der Waals surface area contributed by atoms with Crippen molar-refractivity contribution in [3.63, 3.8) is 0 Å². The number of benzene rings is 1. The summed E-state index contributed by atoms with van der Waals surface area (Å²) in [6.45, 7) is 7.02. The van der Waals surface area contributed by atoms with Gasteiger partial charge in [-0.2, -0.15) is 0 Å². The van der Waals surface area contributed by atoms with Gasteiger partial charge in [0, 0.05) is 19.1 Å². The number of rotatable bonds is 7. The molecule has 112 valence electrons. The van der Waals surface area contributed by atoms with E-state index in [2.05, 4.69) is 10.6 Å². The highest BCUT2D eigenvalue weighted by atomic mass is 19.1. The summed E-state index contributed by atoms with van der Waals surface area (Å²) in [4.78, 5) is 13.6. The van der Waals surface area contributed by atoms with Gasteiger partial charge in [0.1, 0.15) is 5.82 Å². The Hall–Kier alpha value is -1.62. The maximum absolute atomic E-state index is 14.1. The van der Waals surface area contributed by atoms with E-state index in [1.54, 1.807) is 11.0 Å². The van der Waals surface area contributed by atoms with E-state index in [1.807, 2.05) is 33.9 Å². The maximum atomic E-state index is 14.1. The van der Waals surface area contributed by atoms with Crippen LogP contribution in [0.3, 0.4) is 0 Å². The van der Waals surface area contributed by atoms with Crippen LogP contribution in [-0.4, -0.2) is 32.1 Å². The minimum Gasteiger partial charge on any atom is -0.360 e. The Balaban J connectivity index is 2.96. The third kappa shape index (κ3) is 4.49. The second-order valence-corrected chi connectivity index (χ2v) is 5.01. The van der Waals surface area contributed by atoms with E-state index in [9.17, 15) is 9.18 Å². The standard InChI is InChI=1S/C15H24FN3O/c1-5-19(10-14(20)18-11(2)3)15-12(9-17-4)7-6-8-13(15)16/h6-8,11,17H,5,9-10H2,1-4H3,(H,18,20). The fourth-order valence-electron chi connectivity index (χ4n) is 2.14. The number of nitrogens with zero attached hydrogens (tertiary/aromatic N) is 1. The lowest BCUT2D eigenvalue weighted by molar-refractivity contribution is -0.120. The molecule has 20 heavy (non-hydrogen) atoms. The van der Waals surface area contributed by atoms with Gasteiger partial charge in [-0.3, -0.25) is 4.79 Å². The van der Waals surface area contributed by atoms with Crippen LogP contribution in [0.15, 0.2) is 18.2 Å². The molecule has 0 aliphatic rings. The monoisotopic (exact) mass is 281 g/mol. The third-order valence-corrected chi connectivity index (χ3v) is 2.92. The summed E-state index contributed by atoms with van der Waals surface area (Å²) in [5, 5.41) is 5.85. The van der Waals surface area contributed by atoms with Crippen LogP contribution >= 0.6 is 0 Å². The smallest absolute Gasteiger partial charge is 0.239 e. The van der Waals surface area contributed by atoms with E-state index in [-0.39, 0.29) is 24.3 Å². The Kier molecular flexibility index (Phi) is 6.45. The van der Waals surface area contributed by atoms with E-state index in [0.29, 0.717) is 18.8 Å². The zero-order chi connectivity index (χ0) is 15.1. The summed E-state index contributed by atoms with van der Waals surface area (Å²) in [5.41, 5.74) is 1.36. The summed E-state index contributed by atoms with van der Waals surface area (Å²) < 4.78 is 14.1. The number of halogens is 1. The van der Waals surface area contributed by atoms with E-state index in [1.165, 1.54) is 6.07 Å². The zero-order valence-corrected chi connectivity index (χ0v) is 12.7. The van der Waals surface area contributed by atoms with Gasteiger partial charge < -0.3 is 15.5 Å². The second-order valence-electron chi connectivity index (χ2n) is 5.01. The summed E-state index contributed by atoms with van der Waals surface area (Å²) in [6, 6.07) is 5.07. The van der Waals surface area contributed by atoms with Crippen molar-refractivity contribution in [1.29, 1.82) is 0 Å². The van der Waals surface area contributed by atoms with Gasteiger partial charge in [0.15, 0.2) is 0 Å². The average Bonchev–Trinajstić information content (AvgIpc) is 2.36. The van der Waals surface area contributed by atoms with Gasteiger partial charge in [-0.1, -0.05) is 12.1 Å². The van der Waals surface area contributed by atoms with Crippen LogP contribution in [0.25, 0.3) is 0 Å². The molecular formula is C15H24FN3O. The average molecular weight is 281 g/mol. The molecule has 0 aromatic heterocycles. The van der Waals surface area contributed by atoms with Crippen LogP contribution in [0, 0.1) is 5.82 Å². The Morgan fingerprint density at radius 1 is 1.40 bits per heavy atom. The number of carbonyl (C=O) groups excluding carboxylic acids is 1. The summed E-state index contributed by atoms with van der Waals surface area (Å²) in [6.07, 6.45) is 0. The van der Waals surface area contributed by atoms with Gasteiger partial charge in [-0.15, -0.1) is 0 Å². The largest absolute Gasteiger partial charge is 0.360 e. The molecule has 0 radical (unpaired) electrons. The van der Waals surface area contributed by atoms with Gasteiger partial charge in [0.2, 0.25) is 5.91 Å². The molecule has 0 aliphatic carbocycles. The van der Waals surface area contributed by atoms with Crippen molar-refractivity contribution in [3.05, 3.63) is 29.6 Å². The molecule has 0 unspecified atom stereocenters. The topological polar surface area (TPSA) is 44.4 Å². The number of nitrogens with one attached hydrogen (secondary N) is 2. The molecule has 0 aliphatic heterocycles. The molecule has 4 nitrogen and oxygen atoms in total. The van der Waals surface area contributed by atoms with Crippen LogP contribution in [0.1, 0.15) is 26.3 Å². The highest BCUT2D eigenvalue weighted by molar-refractivity contribution is 5.82. The molecule has 5 heteroatoms. The first kappa shape index (κ1) is 16.4. The number of hydrogen-bond acceptors (Lipinski definition) is 3. The van der Waals surface area contributed by atoms with Gasteiger partial charge in [0.05, 0.1) is 12.2 Å². The molecule has 1 aromatic rings. The normalized spacial score (nSPS) is 10.7. The van der Waals surface area contributed by atoms with E-state index in [0.717, 1.165) is 5.56 Å². The van der Waals surface area contributed by atoms with Crippen molar-refractivity contribution in [2.75, 3.05) is 25.0 Å². The number of para-hydroxylation sites is 1. The first-order chi connectivity index (χ1) is 9.49. The van der Waals surface area contributed by atoms with Crippen LogP contribution in [-0.2, 0) is 11.3 Å². The molecule has 1 aromatic carbocycles. The van der Waals surface area contributed by atoms with Gasteiger partial charge in [-0.05, 0) is 39.4 Å². The molecule has 2 N–H and O–H groups in total. The van der Waals surface area contributed by atoms with Gasteiger partial charge in [0.25, 0.3) is 0 Å². The first-order valence-electron chi connectivity index (χ1n) is 6.95. The minimum absolute atomic E-state index is 0.0820. The fourth-order valence-corrected chi connectivity index (χ4v) is 2.14. The minimum atomic E-state index is -0.294. The second kappa shape index (κ2) is 7.85. The predicted molar refractivity (Wildman–Crippen MR) is 80.3 cm³/mol. The third-order valence-electron chi connectivity index (χ3n) is 2.92. The number of anilines is 1. The molecule has 0 saturated carbocycles. The summed E-state index contributed by atoms with van der Waals surface area (Å²) >= 11 is 0. The van der Waals surface area contributed by atoms with Gasteiger partial charge in [-0.25, -0.2) is 4.39 Å². The highest BCUT2D eigenvalue weighted by Crippen LogP contribution is 2.24. The number of carbonyl (C=O) groups is 1. The van der Waals surface area contributed by atoms with Crippen LogP contribution in [0.4, 0.5) is 10.1 Å². The highest BCUT2D eigenvalue weighted by Gasteiger charge is 2.17. The van der Waals surface area contributed by atoms with Crippen molar-refractivity contribution in [2.45, 2.75) is 33.4 Å².